The number of hydrogen-bond acceptors (Lipinski definition) is 3. The first-order valence-electron chi connectivity index (χ1n) is 22.2. The minimum Gasteiger partial charge on any atom is -0.455 e. The molecule has 13 aromatic rings. The second-order valence-electron chi connectivity index (χ2n) is 16.7. The zero-order chi connectivity index (χ0) is 42.8. The Morgan fingerprint density at radius 2 is 0.815 bits per heavy atom. The number of hydrogen-bond donors (Lipinski definition) is 0. The summed E-state index contributed by atoms with van der Waals surface area (Å²) in [6.45, 7) is 0. The molecule has 2 nitrogen and oxygen atoms in total. The Labute approximate surface area is 380 Å². The lowest BCUT2D eigenvalue weighted by Crippen LogP contribution is -2.10. The van der Waals surface area contributed by atoms with Crippen molar-refractivity contribution in [3.63, 3.8) is 0 Å². The third kappa shape index (κ3) is 6.16. The highest BCUT2D eigenvalue weighted by atomic mass is 32.1. The van der Waals surface area contributed by atoms with Crippen LogP contribution in [-0.4, -0.2) is 0 Å². The van der Waals surface area contributed by atoms with Gasteiger partial charge in [-0.2, -0.15) is 0 Å². The molecule has 0 amide bonds. The molecule has 0 atom stereocenters. The average molecular weight is 846 g/mol. The number of thiophene rings is 1. The predicted octanol–water partition coefficient (Wildman–Crippen LogP) is 18.4. The van der Waals surface area contributed by atoms with Crippen molar-refractivity contribution in [2.45, 2.75) is 0 Å². The first-order valence-corrected chi connectivity index (χ1v) is 23.0. The third-order valence-corrected chi connectivity index (χ3v) is 14.4. The Morgan fingerprint density at radius 3 is 1.49 bits per heavy atom. The van der Waals surface area contributed by atoms with Crippen LogP contribution in [0, 0.1) is 0 Å². The molecule has 304 valence electrons. The van der Waals surface area contributed by atoms with Crippen molar-refractivity contribution in [3.05, 3.63) is 237 Å². The zero-order valence-electron chi connectivity index (χ0n) is 35.3. The fourth-order valence-corrected chi connectivity index (χ4v) is 11.4. The second kappa shape index (κ2) is 15.2. The predicted molar refractivity (Wildman–Crippen MR) is 278 cm³/mol. The summed E-state index contributed by atoms with van der Waals surface area (Å²) in [7, 11) is 0. The fraction of sp³-hybridized carbons (Fsp3) is 0. The van der Waals surface area contributed by atoms with E-state index >= 15 is 0 Å². The van der Waals surface area contributed by atoms with E-state index in [1.165, 1.54) is 64.0 Å². The molecule has 0 aliphatic rings. The lowest BCUT2D eigenvalue weighted by atomic mass is 9.94. The molecule has 0 unspecified atom stereocenters. The van der Waals surface area contributed by atoms with Crippen LogP contribution < -0.4 is 4.90 Å². The van der Waals surface area contributed by atoms with E-state index in [9.17, 15) is 0 Å². The van der Waals surface area contributed by atoms with E-state index in [1.54, 1.807) is 0 Å². The quantitative estimate of drug-likeness (QED) is 0.149. The Balaban J connectivity index is 0.950. The van der Waals surface area contributed by atoms with Crippen LogP contribution in [0.25, 0.3) is 108 Å². The number of para-hydroxylation sites is 1. The molecule has 11 aromatic carbocycles. The molecule has 0 radical (unpaired) electrons. The summed E-state index contributed by atoms with van der Waals surface area (Å²) in [5, 5.41) is 9.77. The lowest BCUT2D eigenvalue weighted by Gasteiger charge is -2.27. The van der Waals surface area contributed by atoms with Crippen molar-refractivity contribution >= 4 is 92.1 Å². The van der Waals surface area contributed by atoms with Gasteiger partial charge in [0.2, 0.25) is 0 Å². The van der Waals surface area contributed by atoms with Gasteiger partial charge in [-0.1, -0.05) is 194 Å². The molecule has 0 spiro atoms. The molecule has 0 bridgehead atoms. The van der Waals surface area contributed by atoms with Crippen LogP contribution in [-0.2, 0) is 0 Å². The molecule has 0 aliphatic heterocycles. The molecule has 2 heterocycles. The summed E-state index contributed by atoms with van der Waals surface area (Å²) in [6.07, 6.45) is 0. The Hall–Kier alpha value is -8.24. The van der Waals surface area contributed by atoms with Crippen molar-refractivity contribution in [2.24, 2.45) is 0 Å². The third-order valence-electron chi connectivity index (χ3n) is 13.1. The highest BCUT2D eigenvalue weighted by molar-refractivity contribution is 7.26. The van der Waals surface area contributed by atoms with Gasteiger partial charge in [-0.25, -0.2) is 0 Å². The molecule has 0 saturated heterocycles. The van der Waals surface area contributed by atoms with Crippen LogP contribution in [0.15, 0.2) is 241 Å². The molecule has 0 N–H and O–H groups in total. The molecule has 65 heavy (non-hydrogen) atoms. The SMILES string of the molecule is c1ccc(-c2ccc(-c3ccc(N(c4ccc(-c5cccc6c5sc5c(-c7ccccc7)cccc56)cc4)c4cccc5c4ccc4ccccc45)cc3)c3c2oc2ccccc23)cc1. The highest BCUT2D eigenvalue weighted by Crippen LogP contribution is 2.47. The normalized spacial score (nSPS) is 11.7. The molecule has 0 fully saturated rings. The van der Waals surface area contributed by atoms with Crippen molar-refractivity contribution < 1.29 is 4.42 Å². The van der Waals surface area contributed by atoms with E-state index in [0.717, 1.165) is 61.3 Å². The summed E-state index contributed by atoms with van der Waals surface area (Å²) < 4.78 is 9.28. The van der Waals surface area contributed by atoms with Crippen molar-refractivity contribution in [3.8, 4) is 44.5 Å². The van der Waals surface area contributed by atoms with Crippen LogP contribution in [0.5, 0.6) is 0 Å². The summed E-state index contributed by atoms with van der Waals surface area (Å²) in [4.78, 5) is 2.41. The number of anilines is 3. The topological polar surface area (TPSA) is 16.4 Å². The summed E-state index contributed by atoms with van der Waals surface area (Å²) in [5.41, 5.74) is 14.6. The van der Waals surface area contributed by atoms with E-state index in [-0.39, 0.29) is 0 Å². The Bertz CT molecular complexity index is 3920. The maximum atomic E-state index is 6.65. The van der Waals surface area contributed by atoms with Crippen molar-refractivity contribution in [1.29, 1.82) is 0 Å². The monoisotopic (exact) mass is 845 g/mol. The maximum Gasteiger partial charge on any atom is 0.143 e. The van der Waals surface area contributed by atoms with Gasteiger partial charge in [0.15, 0.2) is 0 Å². The zero-order valence-corrected chi connectivity index (χ0v) is 36.1. The van der Waals surface area contributed by atoms with Gasteiger partial charge in [0.05, 0.1) is 5.69 Å². The average Bonchev–Trinajstić information content (AvgIpc) is 3.97. The molecule has 0 aliphatic carbocycles. The van der Waals surface area contributed by atoms with E-state index in [2.05, 4.69) is 235 Å². The van der Waals surface area contributed by atoms with Gasteiger partial charge in [0, 0.05) is 53.3 Å². The number of fused-ring (bicyclic) bond motifs is 9. The van der Waals surface area contributed by atoms with Gasteiger partial charge < -0.3 is 9.32 Å². The second-order valence-corrected chi connectivity index (χ2v) is 17.8. The number of furan rings is 1. The van der Waals surface area contributed by atoms with Gasteiger partial charge in [0.1, 0.15) is 11.2 Å². The van der Waals surface area contributed by atoms with Gasteiger partial charge >= 0.3 is 0 Å². The molecule has 0 saturated carbocycles. The Morgan fingerprint density at radius 1 is 0.308 bits per heavy atom. The smallest absolute Gasteiger partial charge is 0.143 e. The number of rotatable bonds is 7. The van der Waals surface area contributed by atoms with Crippen LogP contribution >= 0.6 is 11.3 Å². The molecule has 2 aromatic heterocycles. The largest absolute Gasteiger partial charge is 0.455 e. The van der Waals surface area contributed by atoms with E-state index in [0.29, 0.717) is 0 Å². The van der Waals surface area contributed by atoms with Crippen molar-refractivity contribution in [1.82, 2.24) is 0 Å². The molecule has 13 rings (SSSR count). The van der Waals surface area contributed by atoms with E-state index < -0.39 is 0 Å². The molecule has 3 heteroatoms. The first-order chi connectivity index (χ1) is 32.2. The highest BCUT2D eigenvalue weighted by Gasteiger charge is 2.21. The summed E-state index contributed by atoms with van der Waals surface area (Å²) in [6, 6.07) is 85.7. The van der Waals surface area contributed by atoms with Crippen LogP contribution in [0.2, 0.25) is 0 Å². The van der Waals surface area contributed by atoms with Gasteiger partial charge in [-0.05, 0) is 97.6 Å². The Kier molecular flexibility index (Phi) is 8.75. The lowest BCUT2D eigenvalue weighted by molar-refractivity contribution is 0.670. The van der Waals surface area contributed by atoms with E-state index in [4.69, 9.17) is 4.42 Å². The van der Waals surface area contributed by atoms with Gasteiger partial charge in [-0.15, -0.1) is 11.3 Å². The molecular formula is C62H39NOS. The molecular weight excluding hydrogens is 807 g/mol. The minimum absolute atomic E-state index is 0.891. The standard InChI is InChI=1S/C62H39NOS/c1-3-14-40(15-4-1)49-39-38-48(59-56-20-9-10-27-58(56)64-60(49)59)43-28-33-45(34-29-43)63(57-26-13-23-52-47-19-8-7-18-42(47)32-37-53(52)57)46-35-30-44(31-36-46)51-22-12-25-55-54-24-11-21-50(61(54)65-62(51)55)41-16-5-2-6-17-41/h1-39H. The van der Waals surface area contributed by atoms with E-state index in [1.807, 2.05) is 17.4 Å². The number of benzene rings is 11. The van der Waals surface area contributed by atoms with Crippen LogP contribution in [0.4, 0.5) is 17.1 Å². The minimum atomic E-state index is 0.891. The maximum absolute atomic E-state index is 6.65. The first kappa shape index (κ1) is 37.3. The van der Waals surface area contributed by atoms with Crippen molar-refractivity contribution in [2.75, 3.05) is 4.90 Å². The summed E-state index contributed by atoms with van der Waals surface area (Å²) in [5.74, 6) is 0. The van der Waals surface area contributed by atoms with Gasteiger partial charge in [-0.3, -0.25) is 0 Å². The summed E-state index contributed by atoms with van der Waals surface area (Å²) >= 11 is 1.90. The van der Waals surface area contributed by atoms with Crippen LogP contribution in [0.1, 0.15) is 0 Å². The number of nitrogens with zero attached hydrogens (tertiary/aromatic N) is 1. The van der Waals surface area contributed by atoms with Gasteiger partial charge in [0.25, 0.3) is 0 Å². The fourth-order valence-electron chi connectivity index (χ4n) is 10.0. The van der Waals surface area contributed by atoms with Crippen LogP contribution in [0.3, 0.4) is 0 Å².